The molecule has 1 saturated carbocycles. The van der Waals surface area contributed by atoms with Crippen LogP contribution in [-0.4, -0.2) is 49.0 Å². The second kappa shape index (κ2) is 7.13. The number of benzene rings is 1. The van der Waals surface area contributed by atoms with E-state index in [0.29, 0.717) is 0 Å². The molecule has 0 saturated heterocycles. The molecule has 0 amide bonds. The number of nitrogens with zero attached hydrogens (tertiary/aromatic N) is 1. The highest BCUT2D eigenvalue weighted by molar-refractivity contribution is 6.46. The van der Waals surface area contributed by atoms with Crippen molar-refractivity contribution in [2.45, 2.75) is 38.6 Å². The summed E-state index contributed by atoms with van der Waals surface area (Å²) in [7, 11) is 0. The normalized spacial score (nSPS) is 28.6. The van der Waals surface area contributed by atoms with Crippen LogP contribution >= 0.6 is 0 Å². The summed E-state index contributed by atoms with van der Waals surface area (Å²) >= 11 is 0. The number of rotatable bonds is 6. The summed E-state index contributed by atoms with van der Waals surface area (Å²) in [5, 5.41) is 0. The Morgan fingerprint density at radius 3 is 2.26 bits per heavy atom. The largest absolute Gasteiger partial charge is 0.476 e. The molecule has 2 aliphatic rings. The van der Waals surface area contributed by atoms with Gasteiger partial charge in [0.2, 0.25) is 5.78 Å². The van der Waals surface area contributed by atoms with Crippen LogP contribution in [0.2, 0.25) is 0 Å². The smallest absolute Gasteiger partial charge is 0.336 e. The number of hydrogen-bond acceptors (Lipinski definition) is 7. The first-order valence-electron chi connectivity index (χ1n) is 9.16. The van der Waals surface area contributed by atoms with Crippen molar-refractivity contribution >= 4 is 23.6 Å². The molecule has 1 aromatic carbocycles. The molecule has 1 fully saturated rings. The molecule has 0 aromatic heterocycles. The first kappa shape index (κ1) is 19.1. The van der Waals surface area contributed by atoms with Gasteiger partial charge in [-0.25, -0.2) is 9.79 Å². The minimum absolute atomic E-state index is 0.0900. The molecular formula is C20H23NO6. The quantitative estimate of drug-likeness (QED) is 0.560. The number of ketones is 1. The zero-order valence-electron chi connectivity index (χ0n) is 15.7. The topological polar surface area (TPSA) is 91.3 Å². The molecule has 0 bridgehead atoms. The Morgan fingerprint density at radius 2 is 1.67 bits per heavy atom. The monoisotopic (exact) mass is 373 g/mol. The Morgan fingerprint density at radius 1 is 1.04 bits per heavy atom. The third-order valence-corrected chi connectivity index (χ3v) is 5.22. The summed E-state index contributed by atoms with van der Waals surface area (Å²) in [6, 6.07) is 9.22. The van der Waals surface area contributed by atoms with E-state index in [1.807, 2.05) is 30.3 Å². The van der Waals surface area contributed by atoms with Crippen LogP contribution in [0.3, 0.4) is 0 Å². The molecule has 1 aromatic rings. The fourth-order valence-corrected chi connectivity index (χ4v) is 4.08. The molecule has 0 spiro atoms. The molecule has 7 heteroatoms. The van der Waals surface area contributed by atoms with Crippen LogP contribution in [-0.2, 0) is 28.6 Å². The van der Waals surface area contributed by atoms with Crippen LogP contribution in [0.1, 0.15) is 38.7 Å². The summed E-state index contributed by atoms with van der Waals surface area (Å²) < 4.78 is 15.8. The fourth-order valence-electron chi connectivity index (χ4n) is 4.08. The second-order valence-electron chi connectivity index (χ2n) is 6.46. The van der Waals surface area contributed by atoms with Crippen molar-refractivity contribution in [1.29, 1.82) is 0 Å². The van der Waals surface area contributed by atoms with Crippen LogP contribution in [0.15, 0.2) is 35.3 Å². The molecule has 0 N–H and O–H groups in total. The Bertz CT molecular complexity index is 789. The van der Waals surface area contributed by atoms with Gasteiger partial charge < -0.3 is 14.2 Å². The lowest BCUT2D eigenvalue weighted by Crippen LogP contribution is -2.70. The first-order valence-corrected chi connectivity index (χ1v) is 9.16. The van der Waals surface area contributed by atoms with E-state index >= 15 is 0 Å². The van der Waals surface area contributed by atoms with Gasteiger partial charge in [0.15, 0.2) is 11.0 Å². The Balaban J connectivity index is 2.18. The number of fused-ring (bicyclic) bond motifs is 1. The minimum atomic E-state index is -1.74. The molecule has 1 aliphatic heterocycles. The molecule has 27 heavy (non-hydrogen) atoms. The number of Topliss-reactive ketones (excluding diaryl/α,β-unsaturated/α-hetero) is 1. The Kier molecular flexibility index (Phi) is 5.04. The number of esters is 2. The fraction of sp³-hybridized carbons (Fsp3) is 0.500. The molecule has 3 rings (SSSR count). The van der Waals surface area contributed by atoms with E-state index in [1.54, 1.807) is 20.8 Å². The van der Waals surface area contributed by atoms with Gasteiger partial charge in [-0.1, -0.05) is 30.3 Å². The van der Waals surface area contributed by atoms with Gasteiger partial charge in [0.05, 0.1) is 19.8 Å². The van der Waals surface area contributed by atoms with Crippen molar-refractivity contribution in [3.63, 3.8) is 0 Å². The molecule has 3 atom stereocenters. The zero-order valence-corrected chi connectivity index (χ0v) is 15.7. The molecule has 0 radical (unpaired) electrons. The van der Waals surface area contributed by atoms with E-state index in [-0.39, 0.29) is 32.1 Å². The van der Waals surface area contributed by atoms with Gasteiger partial charge in [0, 0.05) is 5.92 Å². The predicted octanol–water partition coefficient (Wildman–Crippen LogP) is 2.04. The SMILES string of the molecule is CCOC(=O)[C@]12C[C@H](c3ccccc3)[C@@]1(C(=O)OCC)N=C(OCC)C2=O. The molecule has 7 nitrogen and oxygen atoms in total. The Hall–Kier alpha value is -2.70. The van der Waals surface area contributed by atoms with Crippen LogP contribution < -0.4 is 0 Å². The van der Waals surface area contributed by atoms with Crippen LogP contribution in [0, 0.1) is 5.41 Å². The van der Waals surface area contributed by atoms with E-state index in [4.69, 9.17) is 14.2 Å². The third-order valence-electron chi connectivity index (χ3n) is 5.22. The van der Waals surface area contributed by atoms with Gasteiger partial charge in [-0.3, -0.25) is 9.59 Å². The van der Waals surface area contributed by atoms with Crippen LogP contribution in [0.25, 0.3) is 0 Å². The van der Waals surface area contributed by atoms with E-state index < -0.39 is 34.6 Å². The van der Waals surface area contributed by atoms with Gasteiger partial charge in [-0.15, -0.1) is 0 Å². The predicted molar refractivity (Wildman–Crippen MR) is 96.3 cm³/mol. The average molecular weight is 373 g/mol. The van der Waals surface area contributed by atoms with Gasteiger partial charge in [0.25, 0.3) is 5.90 Å². The zero-order chi connectivity index (χ0) is 19.7. The third kappa shape index (κ3) is 2.48. The number of carbonyl (C=O) groups excluding carboxylic acids is 3. The molecule has 0 unspecified atom stereocenters. The summed E-state index contributed by atoms with van der Waals surface area (Å²) in [5.41, 5.74) is -2.63. The minimum Gasteiger partial charge on any atom is -0.476 e. The standard InChI is InChI=1S/C20H23NO6/c1-4-25-16-15(22)19(17(23)26-5-2)12-14(13-10-8-7-9-11-13)20(19,21-16)18(24)27-6-3/h7-11,14H,4-6,12H2,1-3H3/t14-,19-,20+/m1/s1. The lowest BCUT2D eigenvalue weighted by Gasteiger charge is -2.53. The lowest BCUT2D eigenvalue weighted by atomic mass is 9.46. The van der Waals surface area contributed by atoms with E-state index in [9.17, 15) is 14.4 Å². The number of hydrogen-bond donors (Lipinski definition) is 0. The molecule has 144 valence electrons. The van der Waals surface area contributed by atoms with Gasteiger partial charge in [-0.2, -0.15) is 0 Å². The van der Waals surface area contributed by atoms with E-state index in [1.165, 1.54) is 0 Å². The van der Waals surface area contributed by atoms with Crippen molar-refractivity contribution in [2.24, 2.45) is 10.4 Å². The number of aliphatic imine (C=N–C) groups is 1. The highest BCUT2D eigenvalue weighted by Gasteiger charge is 2.83. The summed E-state index contributed by atoms with van der Waals surface area (Å²) in [5.74, 6) is -2.76. The maximum atomic E-state index is 13.1. The Labute approximate surface area is 157 Å². The van der Waals surface area contributed by atoms with E-state index in [0.717, 1.165) is 5.56 Å². The summed E-state index contributed by atoms with van der Waals surface area (Å²) in [6.45, 7) is 5.41. The maximum Gasteiger partial charge on any atom is 0.336 e. The summed E-state index contributed by atoms with van der Waals surface area (Å²) in [4.78, 5) is 43.5. The highest BCUT2D eigenvalue weighted by atomic mass is 16.5. The first-order chi connectivity index (χ1) is 13.0. The second-order valence-corrected chi connectivity index (χ2v) is 6.46. The molecule has 1 heterocycles. The van der Waals surface area contributed by atoms with Crippen molar-refractivity contribution in [3.8, 4) is 0 Å². The van der Waals surface area contributed by atoms with Gasteiger partial charge in [-0.05, 0) is 32.8 Å². The lowest BCUT2D eigenvalue weighted by molar-refractivity contribution is -0.186. The summed E-state index contributed by atoms with van der Waals surface area (Å²) in [6.07, 6.45) is 0.119. The van der Waals surface area contributed by atoms with Gasteiger partial charge >= 0.3 is 11.9 Å². The average Bonchev–Trinajstić information content (AvgIpc) is 2.83. The van der Waals surface area contributed by atoms with Crippen molar-refractivity contribution < 1.29 is 28.6 Å². The van der Waals surface area contributed by atoms with Crippen LogP contribution in [0.4, 0.5) is 0 Å². The molecular weight excluding hydrogens is 350 g/mol. The van der Waals surface area contributed by atoms with Crippen molar-refractivity contribution in [1.82, 2.24) is 0 Å². The van der Waals surface area contributed by atoms with Crippen molar-refractivity contribution in [3.05, 3.63) is 35.9 Å². The molecule has 1 aliphatic carbocycles. The van der Waals surface area contributed by atoms with Gasteiger partial charge in [0.1, 0.15) is 0 Å². The van der Waals surface area contributed by atoms with E-state index in [2.05, 4.69) is 4.99 Å². The highest BCUT2D eigenvalue weighted by Crippen LogP contribution is 2.65. The van der Waals surface area contributed by atoms with Crippen LogP contribution in [0.5, 0.6) is 0 Å². The number of ether oxygens (including phenoxy) is 3. The maximum absolute atomic E-state index is 13.1. The number of carbonyl (C=O) groups is 3. The van der Waals surface area contributed by atoms with Crippen molar-refractivity contribution in [2.75, 3.05) is 19.8 Å².